The van der Waals surface area contributed by atoms with Gasteiger partial charge in [-0.2, -0.15) is 0 Å². The van der Waals surface area contributed by atoms with Crippen LogP contribution in [0.25, 0.3) is 0 Å². The summed E-state index contributed by atoms with van der Waals surface area (Å²) in [5.74, 6) is -17.7. The van der Waals surface area contributed by atoms with Gasteiger partial charge in [0.2, 0.25) is 11.4 Å². The molecule has 8 saturated carbocycles. The maximum Gasteiger partial charge on any atom is 0.293 e. The summed E-state index contributed by atoms with van der Waals surface area (Å²) in [6.45, 7) is -36.2. The first-order valence-electron chi connectivity index (χ1n) is 80.3. The van der Waals surface area contributed by atoms with Crippen LogP contribution in [0.5, 0.6) is 46.0 Å². The average Bonchev–Trinajstić information content (AvgIpc) is 0.683. The summed E-state index contributed by atoms with van der Waals surface area (Å²) in [6.07, 6.45) is -16.8. The number of phenolic OH excluding ortho intramolecular Hbond substituents is 8. The number of benzene rings is 8. The van der Waals surface area contributed by atoms with Gasteiger partial charge < -0.3 is 121 Å². The number of aromatic hydroxyl groups is 8. The van der Waals surface area contributed by atoms with Crippen molar-refractivity contribution in [3.8, 4) is 46.0 Å². The fraction of sp³-hybridized carbons (Fsp3) is 0.600. The van der Waals surface area contributed by atoms with E-state index in [0.717, 1.165) is 31.1 Å². The number of nitrogens with zero attached hydrogens (tertiary/aromatic N) is 8. The molecule has 24 nitrogen and oxygen atoms in total. The van der Waals surface area contributed by atoms with Crippen LogP contribution in [0.1, 0.15) is 325 Å². The van der Waals surface area contributed by atoms with E-state index in [9.17, 15) is 15.3 Å². The molecule has 0 spiro atoms. The number of hydrogen-bond acceptors (Lipinski definition) is 24. The monoisotopic (exact) mass is 2060 g/mol. The van der Waals surface area contributed by atoms with Gasteiger partial charge in [-0.05, 0) is 356 Å². The Morgan fingerprint density at radius 2 is 0.403 bits per heavy atom. The minimum absolute atomic E-state index is 0.00569. The smallest absolute Gasteiger partial charge is 0.293 e. The largest absolute Gasteiger partial charge is 0.508 e. The molecule has 0 heterocycles. The fourth-order valence-corrected chi connectivity index (χ4v) is 17.9. The minimum atomic E-state index is -3.51. The van der Waals surface area contributed by atoms with Crippen LogP contribution >= 0.6 is 0 Å². The van der Waals surface area contributed by atoms with Crippen LogP contribution in [0.4, 0.5) is 0 Å². The molecule has 8 aliphatic carbocycles. The Balaban J connectivity index is 0.000000261. The third-order valence-electron chi connectivity index (χ3n) is 24.4. The van der Waals surface area contributed by atoms with Crippen LogP contribution in [0, 0.1) is 47.2 Å². The van der Waals surface area contributed by atoms with Crippen molar-refractivity contribution in [1.82, 2.24) is 39.2 Å². The molecule has 0 saturated heterocycles. The molecular formula is C120H184N8O16. The molecule has 16 N–H and O–H groups in total. The molecule has 800 valence electrons. The molecule has 24 heteroatoms. The lowest BCUT2D eigenvalue weighted by molar-refractivity contribution is -0.0621. The topological polar surface area (TPSA) is 350 Å². The zero-order valence-corrected chi connectivity index (χ0v) is 82.8. The van der Waals surface area contributed by atoms with Gasteiger partial charge >= 0.3 is 0 Å². The summed E-state index contributed by atoms with van der Waals surface area (Å²) < 4.78 is 548. The Hall–Kier alpha value is -8.48. The van der Waals surface area contributed by atoms with Crippen LogP contribution in [0.15, 0.2) is 194 Å². The van der Waals surface area contributed by atoms with E-state index in [-0.39, 0.29) is 219 Å². The van der Waals surface area contributed by atoms with Gasteiger partial charge in [0.25, 0.3) is 7.16 Å². The van der Waals surface area contributed by atoms with E-state index in [4.69, 9.17) is 135 Å². The minimum Gasteiger partial charge on any atom is -0.508 e. The molecule has 8 aliphatic rings. The first-order chi connectivity index (χ1) is 96.5. The van der Waals surface area contributed by atoms with E-state index in [0.29, 0.717) is 47.5 Å². The third kappa shape index (κ3) is 33.8. The quantitative estimate of drug-likeness (QED) is 0.0172. The highest BCUT2D eigenvalue weighted by Gasteiger charge is 2.49. The van der Waals surface area contributed by atoms with Crippen molar-refractivity contribution >= 4 is 0 Å². The molecule has 16 atom stereocenters. The van der Waals surface area contributed by atoms with Gasteiger partial charge in [0.05, 0.1) is 44.8 Å². The highest BCUT2D eigenvalue weighted by Crippen LogP contribution is 2.51. The number of phenols is 8. The normalized spacial score (nSPS) is 43.3. The first-order valence-corrected chi connectivity index (χ1v) is 47.5. The summed E-state index contributed by atoms with van der Waals surface area (Å²) in [4.78, 5) is 5.79. The Kier molecular flexibility index (Phi) is 21.2. The maximum atomic E-state index is 9.88. The van der Waals surface area contributed by atoms with E-state index in [2.05, 4.69) is 25.5 Å². The van der Waals surface area contributed by atoms with Crippen molar-refractivity contribution in [2.45, 2.75) is 250 Å². The number of hydrogen-bond donors (Lipinski definition) is 16. The lowest BCUT2D eigenvalue weighted by Gasteiger charge is -2.41. The molecule has 8 aromatic rings. The standard InChI is InChI=1S/8C15H23NO2/c8*1-16(2)11-13-6-3-4-9-15(13,18)12-7-5-8-14(17)10-12/h8*5,7-8,10,13,17-18H,3-4,6,9,11H2,1-2H3/t8*13-,15+/m00000000/s1/i1D3,2D3,9D2,11D2,13D,18D;2*1D3,9D2,11D2,13D,18D;1D3,2D3,9D2,13D,18D;2*9D2,11D2,13D,18D;1D3,9D2,13D,18D;9D2,13D,18D/hD5. The maximum absolute atomic E-state index is 9.88. The van der Waals surface area contributed by atoms with Crippen molar-refractivity contribution in [2.75, 3.05) is 164 Å². The van der Waals surface area contributed by atoms with Gasteiger partial charge in [-0.1, -0.05) is 200 Å². The first kappa shape index (κ1) is 54.8. The predicted octanol–water partition coefficient (Wildman–Crippen LogP) is 18.7. The zero-order valence-electron chi connectivity index (χ0n) is 151. The average molecular weight is 2060 g/mol. The highest BCUT2D eigenvalue weighted by atomic mass is 16.3. The molecule has 0 aromatic heterocycles. The van der Waals surface area contributed by atoms with E-state index in [1.54, 1.807) is 18.2 Å². The van der Waals surface area contributed by atoms with E-state index in [1.165, 1.54) is 209 Å². The second-order valence-corrected chi connectivity index (χ2v) is 36.7. The van der Waals surface area contributed by atoms with Crippen molar-refractivity contribution in [2.24, 2.45) is 47.2 Å². The van der Waals surface area contributed by atoms with Gasteiger partial charge in [-0.25, -0.2) is 0 Å². The van der Waals surface area contributed by atoms with Gasteiger partial charge in [-0.15, -0.1) is 0 Å². The second kappa shape index (κ2) is 55.7. The lowest BCUT2D eigenvalue weighted by atomic mass is 9.71. The lowest BCUT2D eigenvalue weighted by Crippen LogP contribution is -2.43. The highest BCUT2D eigenvalue weighted by molar-refractivity contribution is 5.40. The second-order valence-electron chi connectivity index (χ2n) is 36.7. The van der Waals surface area contributed by atoms with E-state index in [1.807, 2.05) is 19.0 Å². The predicted molar refractivity (Wildman–Crippen MR) is 580 cm³/mol. The molecule has 0 radical (unpaired) electrons. The van der Waals surface area contributed by atoms with Crippen LogP contribution < -0.4 is 0 Å². The summed E-state index contributed by atoms with van der Waals surface area (Å²) in [5.41, 5.74) is -17.9. The Bertz CT molecular complexity index is 8040. The Morgan fingerprint density at radius 3 is 0.597 bits per heavy atom. The number of aliphatic hydroxyl groups is 8. The SMILES string of the molecule is [2H]O[C@@]1(c2cccc(O)c2)C([2H])([2H])CCC[C@@]1([2H])C([2H])([2H])N(C([2H])([2H])[2H])C([2H])([2H])[2H].[2H]O[C@@]1(c2cccc(O)c2)C([2H])([2H])CCC[C@@]1([2H])C([2H])([2H])N(C)C.[2H]O[C@@]1(c2cccc(O)c2)C([2H])([2H])CCC[C@@]1([2H])C([2H])([2H])N(C)C([2H])([2H])[2H].[2H]Oc1cccc([C@]2(O[2H])C([2H])([2H])CCC[C@@]2([2H])C([2H])([2H])N(C)C([2H])([2H])[2H])c1.[2H]Oc1cccc([C@]2(O[2H])C([2H])([2H])CCC[C@@]2([2H])C([2H])([2H])N(C)C)c1.[2H]Oc1cccc([C@]2(O[2H])C([2H])([2H])CCC[C@@]2([2H])CN(C([2H])([2H])[2H])C([2H])([2H])[2H])c1.[2H]Oc1cccc([C@]2(O[2H])C([2H])([2H])CCC[C@@]2([2H])CN(C)C([2H])([2H])[2H])c1.[2H]Oc1cccc([C@]2(O[2H])C([2H])([2H])CCC[C@@]2([2H])CN(C)C)c1. The van der Waals surface area contributed by atoms with Crippen LogP contribution in [-0.4, -0.2) is 304 Å². The molecular weight excluding hydrogens is 1810 g/mol. The van der Waals surface area contributed by atoms with Gasteiger partial charge in [0.15, 0.2) is 0 Å². The van der Waals surface area contributed by atoms with Gasteiger partial charge in [0, 0.05) is 175 Å². The summed E-state index contributed by atoms with van der Waals surface area (Å²) >= 11 is 0. The fourth-order valence-electron chi connectivity index (χ4n) is 17.9. The molecule has 0 unspecified atom stereocenters. The van der Waals surface area contributed by atoms with Crippen molar-refractivity contribution < 1.29 is 157 Å². The molecule has 8 aromatic carbocycles. The van der Waals surface area contributed by atoms with E-state index < -0.39 is 242 Å². The molecule has 8 fully saturated rings. The van der Waals surface area contributed by atoms with Gasteiger partial charge in [0.1, 0.15) is 46.0 Å². The summed E-state index contributed by atoms with van der Waals surface area (Å²) in [6, 6.07) is 44.3. The third-order valence-corrected chi connectivity index (χ3v) is 24.4. The summed E-state index contributed by atoms with van der Waals surface area (Å²) in [7, 11) is 12.8. The van der Waals surface area contributed by atoms with Crippen LogP contribution in [-0.2, 0) is 44.8 Å². The molecule has 144 heavy (non-hydrogen) atoms. The number of rotatable bonds is 37. The van der Waals surface area contributed by atoms with E-state index >= 15 is 0 Å². The Morgan fingerprint density at radius 1 is 0.229 bits per heavy atom. The molecule has 0 aliphatic heterocycles. The van der Waals surface area contributed by atoms with Crippen LogP contribution in [0.3, 0.4) is 0 Å². The van der Waals surface area contributed by atoms with Crippen molar-refractivity contribution in [3.63, 3.8) is 0 Å². The molecule has 0 amide bonds. The van der Waals surface area contributed by atoms with Crippen LogP contribution in [0.2, 0.25) is 0 Å². The molecule has 16 rings (SSSR count). The summed E-state index contributed by atoms with van der Waals surface area (Å²) in [5, 5.41) is 90.9. The molecule has 0 bridgehead atoms. The van der Waals surface area contributed by atoms with Gasteiger partial charge in [-0.3, -0.25) is 0 Å². The zero-order chi connectivity index (χ0) is 163. The van der Waals surface area contributed by atoms with Crippen molar-refractivity contribution in [3.05, 3.63) is 239 Å². The Labute approximate surface area is 960 Å². The van der Waals surface area contributed by atoms with Crippen molar-refractivity contribution in [1.29, 1.82) is 18.6 Å².